The highest BCUT2D eigenvalue weighted by atomic mass is 32.2. The molecule has 6 heteroatoms. The number of carbonyl (C=O) groups excluding carboxylic acids is 1. The second-order valence-corrected chi connectivity index (χ2v) is 3.71. The van der Waals surface area contributed by atoms with E-state index in [4.69, 9.17) is 4.42 Å². The van der Waals surface area contributed by atoms with Gasteiger partial charge in [0.25, 0.3) is 5.22 Å². The molecule has 15 heavy (non-hydrogen) atoms. The van der Waals surface area contributed by atoms with Gasteiger partial charge in [-0.3, -0.25) is 4.79 Å². The summed E-state index contributed by atoms with van der Waals surface area (Å²) in [7, 11) is 1.38. The smallest absolute Gasteiger partial charge is 0.323 e. The van der Waals surface area contributed by atoms with E-state index < -0.39 is 0 Å². The second kappa shape index (κ2) is 6.47. The summed E-state index contributed by atoms with van der Waals surface area (Å²) < 4.78 is 9.72. The first-order valence-electron chi connectivity index (χ1n) is 4.61. The predicted octanol–water partition coefficient (Wildman–Crippen LogP) is 0.918. The molecule has 0 aromatic carbocycles. The highest BCUT2D eigenvalue weighted by Gasteiger charge is 2.18. The van der Waals surface area contributed by atoms with Crippen LogP contribution < -0.4 is 5.32 Å². The molecular formula is C9H14N2O3S. The van der Waals surface area contributed by atoms with Gasteiger partial charge in [0, 0.05) is 5.75 Å². The third-order valence-electron chi connectivity index (χ3n) is 1.72. The summed E-state index contributed by atoms with van der Waals surface area (Å²) in [6.07, 6.45) is 3.07. The number of rotatable bonds is 6. The molecule has 0 spiro atoms. The zero-order valence-corrected chi connectivity index (χ0v) is 9.54. The Kier molecular flexibility index (Phi) is 5.20. The number of oxazole rings is 1. The molecule has 0 saturated heterocycles. The summed E-state index contributed by atoms with van der Waals surface area (Å²) in [6, 6.07) is -0.322. The van der Waals surface area contributed by atoms with Crippen LogP contribution in [0.3, 0.4) is 0 Å². The van der Waals surface area contributed by atoms with Crippen LogP contribution in [0.1, 0.15) is 6.92 Å². The summed E-state index contributed by atoms with van der Waals surface area (Å²) in [5, 5.41) is 3.59. The van der Waals surface area contributed by atoms with Crippen LogP contribution in [0.4, 0.5) is 0 Å². The van der Waals surface area contributed by atoms with E-state index in [9.17, 15) is 4.79 Å². The third-order valence-corrected chi connectivity index (χ3v) is 2.67. The number of hydrogen-bond donors (Lipinski definition) is 1. The van der Waals surface area contributed by atoms with Crippen LogP contribution in [0.25, 0.3) is 0 Å². The molecule has 0 bridgehead atoms. The number of aromatic nitrogens is 1. The van der Waals surface area contributed by atoms with E-state index in [2.05, 4.69) is 15.0 Å². The van der Waals surface area contributed by atoms with E-state index in [0.717, 1.165) is 0 Å². The number of hydrogen-bond acceptors (Lipinski definition) is 6. The van der Waals surface area contributed by atoms with Crippen molar-refractivity contribution in [2.75, 3.05) is 19.4 Å². The average Bonchev–Trinajstić information content (AvgIpc) is 2.76. The number of nitrogens with one attached hydrogen (secondary N) is 1. The highest BCUT2D eigenvalue weighted by molar-refractivity contribution is 7.99. The van der Waals surface area contributed by atoms with E-state index in [1.165, 1.54) is 25.1 Å². The molecule has 1 N–H and O–H groups in total. The quantitative estimate of drug-likeness (QED) is 0.579. The minimum atomic E-state index is -0.322. The molecule has 0 fully saturated rings. The summed E-state index contributed by atoms with van der Waals surface area (Å²) in [5.41, 5.74) is 0. The molecule has 0 saturated carbocycles. The van der Waals surface area contributed by atoms with E-state index in [0.29, 0.717) is 17.5 Å². The van der Waals surface area contributed by atoms with Gasteiger partial charge >= 0.3 is 5.97 Å². The fourth-order valence-electron chi connectivity index (χ4n) is 1.04. The maximum absolute atomic E-state index is 11.3. The lowest BCUT2D eigenvalue weighted by Crippen LogP contribution is -2.39. The maximum atomic E-state index is 11.3. The monoisotopic (exact) mass is 230 g/mol. The van der Waals surface area contributed by atoms with Gasteiger partial charge in [-0.15, -0.1) is 0 Å². The predicted molar refractivity (Wildman–Crippen MR) is 56.7 cm³/mol. The molecule has 1 atom stereocenters. The van der Waals surface area contributed by atoms with Crippen LogP contribution in [0, 0.1) is 0 Å². The lowest BCUT2D eigenvalue weighted by atomic mass is 10.3. The van der Waals surface area contributed by atoms with Crippen molar-refractivity contribution < 1.29 is 13.9 Å². The topological polar surface area (TPSA) is 64.4 Å². The van der Waals surface area contributed by atoms with Crippen molar-refractivity contribution in [1.82, 2.24) is 10.3 Å². The van der Waals surface area contributed by atoms with Crippen LogP contribution in [-0.4, -0.2) is 36.4 Å². The number of thioether (sulfide) groups is 1. The Morgan fingerprint density at radius 2 is 2.60 bits per heavy atom. The SMILES string of the molecule is CCNC(CSc1ncco1)C(=O)OC. The first-order valence-corrected chi connectivity index (χ1v) is 5.60. The molecular weight excluding hydrogens is 216 g/mol. The second-order valence-electron chi connectivity index (χ2n) is 2.74. The number of likely N-dealkylation sites (N-methyl/N-ethyl adjacent to an activating group) is 1. The molecule has 0 aliphatic heterocycles. The molecule has 0 aliphatic carbocycles. The van der Waals surface area contributed by atoms with Gasteiger partial charge in [-0.25, -0.2) is 4.98 Å². The third kappa shape index (κ3) is 3.93. The summed E-state index contributed by atoms with van der Waals surface area (Å²) >= 11 is 1.38. The van der Waals surface area contributed by atoms with Crippen LogP contribution in [0.15, 0.2) is 22.1 Å². The Morgan fingerprint density at radius 3 is 3.13 bits per heavy atom. The normalized spacial score (nSPS) is 12.4. The van der Waals surface area contributed by atoms with Crippen LogP contribution in [0.5, 0.6) is 0 Å². The van der Waals surface area contributed by atoms with Gasteiger partial charge in [-0.2, -0.15) is 0 Å². The van der Waals surface area contributed by atoms with Crippen molar-refractivity contribution in [3.8, 4) is 0 Å². The van der Waals surface area contributed by atoms with Crippen molar-refractivity contribution >= 4 is 17.7 Å². The van der Waals surface area contributed by atoms with E-state index in [-0.39, 0.29) is 12.0 Å². The van der Waals surface area contributed by atoms with Gasteiger partial charge in [0.1, 0.15) is 12.3 Å². The van der Waals surface area contributed by atoms with Crippen LogP contribution in [-0.2, 0) is 9.53 Å². The van der Waals surface area contributed by atoms with Crippen molar-refractivity contribution in [1.29, 1.82) is 0 Å². The molecule has 1 rings (SSSR count). The number of esters is 1. The molecule has 5 nitrogen and oxygen atoms in total. The molecule has 1 unspecified atom stereocenters. The Balaban J connectivity index is 2.41. The van der Waals surface area contributed by atoms with Crippen molar-refractivity contribution in [2.24, 2.45) is 0 Å². The molecule has 1 aromatic rings. The van der Waals surface area contributed by atoms with Gasteiger partial charge < -0.3 is 14.5 Å². The average molecular weight is 230 g/mol. The van der Waals surface area contributed by atoms with Crippen LogP contribution in [0.2, 0.25) is 0 Å². The number of ether oxygens (including phenoxy) is 1. The molecule has 84 valence electrons. The standard InChI is InChI=1S/C9H14N2O3S/c1-3-10-7(8(12)13-2)6-15-9-11-4-5-14-9/h4-5,7,10H,3,6H2,1-2H3. The summed E-state index contributed by atoms with van der Waals surface area (Å²) in [4.78, 5) is 15.3. The lowest BCUT2D eigenvalue weighted by Gasteiger charge is -2.13. The molecule has 0 radical (unpaired) electrons. The zero-order chi connectivity index (χ0) is 11.1. The Labute approximate surface area is 92.6 Å². The number of carbonyl (C=O) groups is 1. The zero-order valence-electron chi connectivity index (χ0n) is 8.73. The Bertz CT molecular complexity index is 290. The van der Waals surface area contributed by atoms with Gasteiger partial charge in [0.05, 0.1) is 13.3 Å². The molecule has 0 aliphatic rings. The van der Waals surface area contributed by atoms with Gasteiger partial charge in [0.15, 0.2) is 0 Å². The van der Waals surface area contributed by atoms with Gasteiger partial charge in [-0.1, -0.05) is 18.7 Å². The largest absolute Gasteiger partial charge is 0.468 e. The van der Waals surface area contributed by atoms with E-state index in [1.54, 1.807) is 6.20 Å². The fourth-order valence-corrected chi connectivity index (χ4v) is 1.86. The highest BCUT2D eigenvalue weighted by Crippen LogP contribution is 2.16. The molecule has 1 aromatic heterocycles. The summed E-state index contributed by atoms with van der Waals surface area (Å²) in [5.74, 6) is 0.275. The van der Waals surface area contributed by atoms with Gasteiger partial charge in [0.2, 0.25) is 0 Å². The van der Waals surface area contributed by atoms with Crippen LogP contribution >= 0.6 is 11.8 Å². The molecule has 0 amide bonds. The minimum absolute atomic E-state index is 0.268. The van der Waals surface area contributed by atoms with Crippen molar-refractivity contribution in [3.05, 3.63) is 12.5 Å². The maximum Gasteiger partial charge on any atom is 0.323 e. The fraction of sp³-hybridized carbons (Fsp3) is 0.556. The summed E-state index contributed by atoms with van der Waals surface area (Å²) in [6.45, 7) is 2.65. The Hall–Kier alpha value is -1.01. The van der Waals surface area contributed by atoms with Crippen molar-refractivity contribution in [3.63, 3.8) is 0 Å². The van der Waals surface area contributed by atoms with E-state index in [1.807, 2.05) is 6.92 Å². The van der Waals surface area contributed by atoms with Gasteiger partial charge in [-0.05, 0) is 6.54 Å². The first-order chi connectivity index (χ1) is 7.27. The van der Waals surface area contributed by atoms with Crippen molar-refractivity contribution in [2.45, 2.75) is 18.2 Å². The first kappa shape index (κ1) is 12.1. The minimum Gasteiger partial charge on any atom is -0.468 e. The molecule has 1 heterocycles. The Morgan fingerprint density at radius 1 is 1.80 bits per heavy atom. The number of methoxy groups -OCH3 is 1. The van der Waals surface area contributed by atoms with E-state index >= 15 is 0 Å². The lowest BCUT2D eigenvalue weighted by molar-refractivity contribution is -0.142. The number of nitrogens with zero attached hydrogens (tertiary/aromatic N) is 1.